The maximum absolute atomic E-state index is 4.84. The Kier molecular flexibility index (Phi) is 6.47. The summed E-state index contributed by atoms with van der Waals surface area (Å²) in [5.41, 5.74) is 7.21. The first-order valence-electron chi connectivity index (χ1n) is 11.5. The lowest BCUT2D eigenvalue weighted by Gasteiger charge is -2.34. The van der Waals surface area contributed by atoms with Gasteiger partial charge < -0.3 is 15.1 Å². The van der Waals surface area contributed by atoms with Gasteiger partial charge in [-0.25, -0.2) is 9.97 Å². The van der Waals surface area contributed by atoms with E-state index >= 15 is 0 Å². The van der Waals surface area contributed by atoms with Crippen molar-refractivity contribution in [2.24, 2.45) is 0 Å². The number of likely N-dealkylation sites (N-methyl/N-ethyl adjacent to an activating group) is 1. The number of hydrogen-bond donors (Lipinski definition) is 1. The molecule has 1 N–H and O–H groups in total. The van der Waals surface area contributed by atoms with Gasteiger partial charge in [0.2, 0.25) is 5.95 Å². The Morgan fingerprint density at radius 1 is 0.969 bits per heavy atom. The largest absolute Gasteiger partial charge is 0.369 e. The number of nitrogens with zero attached hydrogens (tertiary/aromatic N) is 4. The van der Waals surface area contributed by atoms with E-state index in [1.54, 1.807) is 0 Å². The van der Waals surface area contributed by atoms with Crippen molar-refractivity contribution in [2.75, 3.05) is 43.4 Å². The summed E-state index contributed by atoms with van der Waals surface area (Å²) in [7, 11) is 2.18. The highest BCUT2D eigenvalue weighted by atomic mass is 15.2. The predicted octanol–water partition coefficient (Wildman–Crippen LogP) is 5.17. The zero-order chi connectivity index (χ0) is 22.7. The van der Waals surface area contributed by atoms with Crippen molar-refractivity contribution < 1.29 is 0 Å². The number of anilines is 3. The number of piperazine rings is 1. The van der Waals surface area contributed by atoms with Crippen molar-refractivity contribution in [2.45, 2.75) is 39.5 Å². The number of hydrogen-bond acceptors (Lipinski definition) is 5. The minimum atomic E-state index is 0.139. The van der Waals surface area contributed by atoms with Crippen molar-refractivity contribution >= 4 is 17.3 Å². The predicted molar refractivity (Wildman–Crippen MR) is 134 cm³/mol. The lowest BCUT2D eigenvalue weighted by Crippen LogP contribution is -2.44. The van der Waals surface area contributed by atoms with Crippen LogP contribution >= 0.6 is 0 Å². The summed E-state index contributed by atoms with van der Waals surface area (Å²) in [6.45, 7) is 13.2. The first-order valence-corrected chi connectivity index (χ1v) is 11.5. The van der Waals surface area contributed by atoms with Crippen molar-refractivity contribution in [3.8, 4) is 0 Å². The molecule has 2 aromatic carbocycles. The van der Waals surface area contributed by atoms with Gasteiger partial charge in [0.15, 0.2) is 0 Å². The van der Waals surface area contributed by atoms with Gasteiger partial charge in [-0.05, 0) is 60.3 Å². The van der Waals surface area contributed by atoms with Crippen LogP contribution in [0.2, 0.25) is 0 Å². The normalized spacial score (nSPS) is 15.1. The highest BCUT2D eigenvalue weighted by Crippen LogP contribution is 2.25. The van der Waals surface area contributed by atoms with Gasteiger partial charge in [-0.2, -0.15) is 0 Å². The summed E-state index contributed by atoms with van der Waals surface area (Å²) < 4.78 is 0. The van der Waals surface area contributed by atoms with Gasteiger partial charge in [0.05, 0.1) is 5.69 Å². The SMILES string of the molecule is Cc1cnc(Nc2ccc(N3CCN(C)CC3)cc2)nc1Cc1cccc(C(C)(C)C)c1. The minimum Gasteiger partial charge on any atom is -0.369 e. The summed E-state index contributed by atoms with van der Waals surface area (Å²) >= 11 is 0. The number of aryl methyl sites for hydroxylation is 1. The maximum atomic E-state index is 4.84. The molecule has 0 atom stereocenters. The Labute approximate surface area is 192 Å². The summed E-state index contributed by atoms with van der Waals surface area (Å²) in [6.07, 6.45) is 2.71. The van der Waals surface area contributed by atoms with Crippen molar-refractivity contribution in [1.82, 2.24) is 14.9 Å². The topological polar surface area (TPSA) is 44.3 Å². The third-order valence-corrected chi connectivity index (χ3v) is 6.23. The molecule has 0 spiro atoms. The lowest BCUT2D eigenvalue weighted by molar-refractivity contribution is 0.313. The lowest BCUT2D eigenvalue weighted by atomic mass is 9.86. The molecular formula is C27H35N5. The van der Waals surface area contributed by atoms with Crippen LogP contribution < -0.4 is 10.2 Å². The molecule has 0 amide bonds. The molecule has 5 nitrogen and oxygen atoms in total. The molecule has 1 aromatic heterocycles. The number of nitrogens with one attached hydrogen (secondary N) is 1. The Hall–Kier alpha value is -2.92. The fraction of sp³-hybridized carbons (Fsp3) is 0.407. The van der Waals surface area contributed by atoms with E-state index < -0.39 is 0 Å². The second-order valence-electron chi connectivity index (χ2n) is 9.91. The summed E-state index contributed by atoms with van der Waals surface area (Å²) in [5, 5.41) is 3.38. The highest BCUT2D eigenvalue weighted by molar-refractivity contribution is 5.59. The number of rotatable bonds is 5. The van der Waals surface area contributed by atoms with Crippen LogP contribution in [0.15, 0.2) is 54.7 Å². The standard InChI is InChI=1S/C27H35N5/c1-20-19-28-26(30-25(20)18-21-7-6-8-22(17-21)27(2,3)4)29-23-9-11-24(12-10-23)32-15-13-31(5)14-16-32/h6-12,17,19H,13-16,18H2,1-5H3,(H,28,29,30). The quantitative estimate of drug-likeness (QED) is 0.606. The van der Waals surface area contributed by atoms with Crippen LogP contribution in [0.4, 0.5) is 17.3 Å². The van der Waals surface area contributed by atoms with Crippen molar-refractivity contribution in [1.29, 1.82) is 0 Å². The zero-order valence-electron chi connectivity index (χ0n) is 20.0. The van der Waals surface area contributed by atoms with Crippen LogP contribution in [0.3, 0.4) is 0 Å². The van der Waals surface area contributed by atoms with Crippen LogP contribution in [-0.2, 0) is 11.8 Å². The highest BCUT2D eigenvalue weighted by Gasteiger charge is 2.15. The van der Waals surface area contributed by atoms with E-state index in [-0.39, 0.29) is 5.41 Å². The molecule has 1 saturated heterocycles. The van der Waals surface area contributed by atoms with Crippen LogP contribution in [-0.4, -0.2) is 48.1 Å². The second kappa shape index (κ2) is 9.29. The third-order valence-electron chi connectivity index (χ3n) is 6.23. The van der Waals surface area contributed by atoms with Gasteiger partial charge in [-0.3, -0.25) is 0 Å². The van der Waals surface area contributed by atoms with E-state index in [1.807, 2.05) is 6.20 Å². The molecule has 0 bridgehead atoms. The maximum Gasteiger partial charge on any atom is 0.227 e. The molecule has 5 heteroatoms. The molecule has 2 heterocycles. The fourth-order valence-corrected chi connectivity index (χ4v) is 4.01. The van der Waals surface area contributed by atoms with Gasteiger partial charge in [0, 0.05) is 50.2 Å². The molecule has 3 aromatic rings. The monoisotopic (exact) mass is 429 g/mol. The van der Waals surface area contributed by atoms with Gasteiger partial charge in [-0.15, -0.1) is 0 Å². The van der Waals surface area contributed by atoms with Crippen LogP contribution in [0, 0.1) is 6.92 Å². The van der Waals surface area contributed by atoms with E-state index in [9.17, 15) is 0 Å². The Morgan fingerprint density at radius 3 is 2.38 bits per heavy atom. The number of aromatic nitrogens is 2. The molecule has 0 radical (unpaired) electrons. The van der Waals surface area contributed by atoms with E-state index in [2.05, 4.69) is 103 Å². The second-order valence-corrected chi connectivity index (χ2v) is 9.91. The molecule has 1 fully saturated rings. The molecule has 4 rings (SSSR count). The summed E-state index contributed by atoms with van der Waals surface area (Å²) in [5.74, 6) is 0.643. The average Bonchev–Trinajstić information content (AvgIpc) is 2.77. The Balaban J connectivity index is 1.46. The molecule has 0 aliphatic carbocycles. The molecule has 0 unspecified atom stereocenters. The van der Waals surface area contributed by atoms with Crippen LogP contribution in [0.25, 0.3) is 0 Å². The zero-order valence-corrected chi connectivity index (χ0v) is 20.0. The third kappa shape index (κ3) is 5.46. The molecule has 32 heavy (non-hydrogen) atoms. The van der Waals surface area contributed by atoms with Crippen LogP contribution in [0.5, 0.6) is 0 Å². The van der Waals surface area contributed by atoms with Crippen LogP contribution in [0.1, 0.15) is 43.2 Å². The van der Waals surface area contributed by atoms with Crippen molar-refractivity contribution in [3.05, 3.63) is 77.1 Å². The number of benzene rings is 2. The molecule has 1 aliphatic rings. The Morgan fingerprint density at radius 2 is 1.69 bits per heavy atom. The fourth-order valence-electron chi connectivity index (χ4n) is 4.01. The first kappa shape index (κ1) is 22.3. The summed E-state index contributed by atoms with van der Waals surface area (Å²) in [4.78, 5) is 14.2. The van der Waals surface area contributed by atoms with E-state index in [0.717, 1.165) is 49.5 Å². The smallest absolute Gasteiger partial charge is 0.227 e. The molecule has 1 aliphatic heterocycles. The van der Waals surface area contributed by atoms with E-state index in [4.69, 9.17) is 4.98 Å². The Bertz CT molecular complexity index is 1040. The first-order chi connectivity index (χ1) is 15.3. The molecule has 168 valence electrons. The molecule has 0 saturated carbocycles. The van der Waals surface area contributed by atoms with Gasteiger partial charge in [0.25, 0.3) is 0 Å². The van der Waals surface area contributed by atoms with Crippen molar-refractivity contribution in [3.63, 3.8) is 0 Å². The van der Waals surface area contributed by atoms with Gasteiger partial charge >= 0.3 is 0 Å². The molecular weight excluding hydrogens is 394 g/mol. The van der Waals surface area contributed by atoms with E-state index in [0.29, 0.717) is 5.95 Å². The van der Waals surface area contributed by atoms with Gasteiger partial charge in [-0.1, -0.05) is 45.0 Å². The minimum absolute atomic E-state index is 0.139. The average molecular weight is 430 g/mol. The van der Waals surface area contributed by atoms with E-state index in [1.165, 1.54) is 16.8 Å². The van der Waals surface area contributed by atoms with Gasteiger partial charge in [0.1, 0.15) is 0 Å². The summed E-state index contributed by atoms with van der Waals surface area (Å²) in [6, 6.07) is 17.4.